The highest BCUT2D eigenvalue weighted by molar-refractivity contribution is 6.01. The summed E-state index contributed by atoms with van der Waals surface area (Å²) in [4.78, 5) is 38.3. The van der Waals surface area contributed by atoms with E-state index in [1.807, 2.05) is 12.1 Å². The molecule has 0 spiro atoms. The number of esters is 1. The summed E-state index contributed by atoms with van der Waals surface area (Å²) in [7, 11) is 0. The first-order valence-corrected chi connectivity index (χ1v) is 9.80. The van der Waals surface area contributed by atoms with Crippen LogP contribution in [-0.2, 0) is 14.3 Å². The van der Waals surface area contributed by atoms with Crippen molar-refractivity contribution in [1.29, 1.82) is 0 Å². The Morgan fingerprint density at radius 3 is 2.59 bits per heavy atom. The molecule has 0 radical (unpaired) electrons. The number of fused-ring (bicyclic) bond motifs is 1. The minimum absolute atomic E-state index is 0.170. The average Bonchev–Trinajstić information content (AvgIpc) is 2.90. The number of benzene rings is 2. The molecular formula is C23H25NO5. The highest BCUT2D eigenvalue weighted by Gasteiger charge is 2.25. The van der Waals surface area contributed by atoms with Crippen molar-refractivity contribution in [2.24, 2.45) is 0 Å². The lowest BCUT2D eigenvalue weighted by Crippen LogP contribution is -2.36. The van der Waals surface area contributed by atoms with Crippen LogP contribution in [0.4, 0.5) is 5.69 Å². The van der Waals surface area contributed by atoms with Crippen LogP contribution in [0, 0.1) is 0 Å². The Balaban J connectivity index is 1.59. The molecule has 1 aliphatic heterocycles. The fraction of sp³-hybridized carbons (Fsp3) is 0.348. The van der Waals surface area contributed by atoms with Crippen LogP contribution in [-0.4, -0.2) is 37.4 Å². The zero-order valence-electron chi connectivity index (χ0n) is 16.7. The molecule has 29 heavy (non-hydrogen) atoms. The summed E-state index contributed by atoms with van der Waals surface area (Å²) in [6.45, 7) is 3.88. The highest BCUT2D eigenvalue weighted by Crippen LogP contribution is 2.30. The van der Waals surface area contributed by atoms with E-state index < -0.39 is 5.97 Å². The van der Waals surface area contributed by atoms with Crippen LogP contribution in [0.25, 0.3) is 0 Å². The topological polar surface area (TPSA) is 72.9 Å². The van der Waals surface area contributed by atoms with E-state index in [4.69, 9.17) is 9.47 Å². The second-order valence-electron chi connectivity index (χ2n) is 7.06. The van der Waals surface area contributed by atoms with E-state index in [2.05, 4.69) is 13.8 Å². The molecule has 1 amide bonds. The van der Waals surface area contributed by atoms with Crippen LogP contribution < -0.4 is 9.64 Å². The summed E-state index contributed by atoms with van der Waals surface area (Å²) in [5.74, 6) is -0.169. The molecule has 2 aromatic carbocycles. The van der Waals surface area contributed by atoms with Gasteiger partial charge >= 0.3 is 5.97 Å². The third-order valence-electron chi connectivity index (χ3n) is 5.10. The van der Waals surface area contributed by atoms with Gasteiger partial charge in [-0.1, -0.05) is 50.2 Å². The zero-order valence-corrected chi connectivity index (χ0v) is 16.7. The van der Waals surface area contributed by atoms with Crippen LogP contribution in [0.1, 0.15) is 48.5 Å². The van der Waals surface area contributed by atoms with Gasteiger partial charge in [-0.15, -0.1) is 0 Å². The van der Waals surface area contributed by atoms with Gasteiger partial charge in [0, 0.05) is 5.56 Å². The smallest absolute Gasteiger partial charge is 0.326 e. The largest absolute Gasteiger partial charge is 0.491 e. The predicted octanol–water partition coefficient (Wildman–Crippen LogP) is 3.74. The standard InChI is InChI=1S/C23H25NO5/c1-3-16(2)17-8-10-18(11-9-17)20(25)15-29-23(27)14-24-19-6-4-5-7-21(19)28-13-12-22(24)26/h4-11,16H,3,12-15H2,1-2H3/t16-/m0/s1. The third kappa shape index (κ3) is 5.02. The third-order valence-corrected chi connectivity index (χ3v) is 5.10. The number of hydrogen-bond acceptors (Lipinski definition) is 5. The summed E-state index contributed by atoms with van der Waals surface area (Å²) < 4.78 is 10.7. The van der Waals surface area contributed by atoms with Crippen LogP contribution in [0.2, 0.25) is 0 Å². The second kappa shape index (κ2) is 9.37. The van der Waals surface area contributed by atoms with Crippen molar-refractivity contribution in [2.45, 2.75) is 32.6 Å². The van der Waals surface area contributed by atoms with E-state index in [0.29, 0.717) is 22.9 Å². The predicted molar refractivity (Wildman–Crippen MR) is 109 cm³/mol. The monoisotopic (exact) mass is 395 g/mol. The molecule has 1 aliphatic rings. The van der Waals surface area contributed by atoms with E-state index >= 15 is 0 Å². The zero-order chi connectivity index (χ0) is 20.8. The maximum absolute atomic E-state index is 12.4. The van der Waals surface area contributed by atoms with Gasteiger partial charge in [-0.25, -0.2) is 0 Å². The molecule has 0 saturated carbocycles. The van der Waals surface area contributed by atoms with Gasteiger partial charge in [0.2, 0.25) is 5.91 Å². The van der Waals surface area contributed by atoms with Crippen molar-refractivity contribution < 1.29 is 23.9 Å². The first-order valence-electron chi connectivity index (χ1n) is 9.80. The summed E-state index contributed by atoms with van der Waals surface area (Å²) in [5, 5.41) is 0. The molecule has 0 aromatic heterocycles. The van der Waals surface area contributed by atoms with E-state index in [1.165, 1.54) is 10.5 Å². The van der Waals surface area contributed by atoms with Crippen molar-refractivity contribution in [1.82, 2.24) is 0 Å². The van der Waals surface area contributed by atoms with Crippen LogP contribution in [0.15, 0.2) is 48.5 Å². The minimum atomic E-state index is -0.639. The van der Waals surface area contributed by atoms with Gasteiger partial charge in [0.15, 0.2) is 12.4 Å². The summed E-state index contributed by atoms with van der Waals surface area (Å²) in [5.41, 5.74) is 2.19. The van der Waals surface area contributed by atoms with Gasteiger partial charge < -0.3 is 9.47 Å². The number of ether oxygens (including phenoxy) is 2. The first-order chi connectivity index (χ1) is 14.0. The lowest BCUT2D eigenvalue weighted by atomic mass is 9.97. The van der Waals surface area contributed by atoms with Crippen LogP contribution in [0.3, 0.4) is 0 Å². The van der Waals surface area contributed by atoms with Gasteiger partial charge in [0.05, 0.1) is 18.7 Å². The van der Waals surface area contributed by atoms with E-state index in [0.717, 1.165) is 6.42 Å². The molecule has 2 aromatic rings. The molecule has 6 heteroatoms. The number of para-hydroxylation sites is 2. The molecule has 152 valence electrons. The van der Waals surface area contributed by atoms with Gasteiger partial charge in [0.1, 0.15) is 12.3 Å². The van der Waals surface area contributed by atoms with Crippen LogP contribution in [0.5, 0.6) is 5.75 Å². The maximum atomic E-state index is 12.4. The SMILES string of the molecule is CC[C@H](C)c1ccc(C(=O)COC(=O)CN2C(=O)CCOc3ccccc32)cc1. The fourth-order valence-electron chi connectivity index (χ4n) is 3.13. The van der Waals surface area contributed by atoms with Gasteiger partial charge in [-0.3, -0.25) is 19.3 Å². The fourth-order valence-corrected chi connectivity index (χ4v) is 3.13. The Hall–Kier alpha value is -3.15. The second-order valence-corrected chi connectivity index (χ2v) is 7.06. The van der Waals surface area contributed by atoms with Gasteiger partial charge in [-0.2, -0.15) is 0 Å². The number of amides is 1. The van der Waals surface area contributed by atoms with Crippen molar-refractivity contribution in [3.63, 3.8) is 0 Å². The Morgan fingerprint density at radius 2 is 1.86 bits per heavy atom. The quantitative estimate of drug-likeness (QED) is 0.527. The Bertz CT molecular complexity index is 890. The number of nitrogens with zero attached hydrogens (tertiary/aromatic N) is 1. The average molecular weight is 395 g/mol. The normalized spacial score (nSPS) is 14.4. The molecule has 0 N–H and O–H groups in total. The number of anilines is 1. The summed E-state index contributed by atoms with van der Waals surface area (Å²) in [6.07, 6.45) is 1.19. The molecule has 0 saturated heterocycles. The minimum Gasteiger partial charge on any atom is -0.491 e. The van der Waals surface area contributed by atoms with Gasteiger partial charge in [-0.05, 0) is 30.0 Å². The molecule has 1 atom stereocenters. The maximum Gasteiger partial charge on any atom is 0.326 e. The van der Waals surface area contributed by atoms with E-state index in [-0.39, 0.29) is 37.9 Å². The van der Waals surface area contributed by atoms with E-state index in [9.17, 15) is 14.4 Å². The summed E-state index contributed by atoms with van der Waals surface area (Å²) in [6, 6.07) is 14.4. The first kappa shape index (κ1) is 20.6. The number of carbonyl (C=O) groups excluding carboxylic acids is 3. The molecule has 0 aliphatic carbocycles. The lowest BCUT2D eigenvalue weighted by Gasteiger charge is -2.20. The molecule has 1 heterocycles. The van der Waals surface area contributed by atoms with Crippen molar-refractivity contribution >= 4 is 23.3 Å². The molecule has 0 bridgehead atoms. The van der Waals surface area contributed by atoms with Crippen molar-refractivity contribution in [3.8, 4) is 5.75 Å². The molecule has 0 unspecified atom stereocenters. The molecule has 6 nitrogen and oxygen atoms in total. The Labute approximate surface area is 170 Å². The number of ketones is 1. The van der Waals surface area contributed by atoms with Crippen molar-refractivity contribution in [3.05, 3.63) is 59.7 Å². The molecule has 0 fully saturated rings. The van der Waals surface area contributed by atoms with Crippen LogP contribution >= 0.6 is 0 Å². The van der Waals surface area contributed by atoms with Crippen molar-refractivity contribution in [2.75, 3.05) is 24.7 Å². The number of hydrogen-bond donors (Lipinski definition) is 0. The Morgan fingerprint density at radius 1 is 1.14 bits per heavy atom. The van der Waals surface area contributed by atoms with E-state index in [1.54, 1.807) is 36.4 Å². The molecule has 3 rings (SSSR count). The number of carbonyl (C=O) groups is 3. The highest BCUT2D eigenvalue weighted by atomic mass is 16.5. The number of Topliss-reactive ketones (excluding diaryl/α,β-unsaturated/α-hetero) is 1. The summed E-state index contributed by atoms with van der Waals surface area (Å²) >= 11 is 0. The lowest BCUT2D eigenvalue weighted by molar-refractivity contribution is -0.141. The Kier molecular flexibility index (Phi) is 6.65. The number of rotatable bonds is 7. The van der Waals surface area contributed by atoms with Gasteiger partial charge in [0.25, 0.3) is 0 Å². The molecular weight excluding hydrogens is 370 g/mol.